The molecule has 0 saturated heterocycles. The zero-order valence-corrected chi connectivity index (χ0v) is 13.2. The average Bonchev–Trinajstić information content (AvgIpc) is 2.83. The molecular formula is C16H19BrN2O. The van der Waals surface area contributed by atoms with Crippen LogP contribution in [0.4, 0.5) is 5.82 Å². The normalized spacial score (nSPS) is 22.9. The second kappa shape index (κ2) is 5.60. The molecule has 0 unspecified atom stereocenters. The lowest BCUT2D eigenvalue weighted by molar-refractivity contribution is 0.289. The van der Waals surface area contributed by atoms with E-state index in [1.54, 1.807) is 0 Å². The van der Waals surface area contributed by atoms with Crippen LogP contribution in [0.2, 0.25) is 0 Å². The molecule has 0 bridgehead atoms. The van der Waals surface area contributed by atoms with Crippen LogP contribution in [0.1, 0.15) is 44.3 Å². The fraction of sp³-hybridized carbons (Fsp3) is 0.438. The zero-order valence-electron chi connectivity index (χ0n) is 11.6. The first-order valence-corrected chi connectivity index (χ1v) is 7.95. The van der Waals surface area contributed by atoms with E-state index in [2.05, 4.69) is 40.1 Å². The number of benzene rings is 1. The van der Waals surface area contributed by atoms with E-state index >= 15 is 0 Å². The van der Waals surface area contributed by atoms with Crippen LogP contribution in [0, 0.1) is 5.92 Å². The van der Waals surface area contributed by atoms with Crippen molar-refractivity contribution in [1.29, 1.82) is 0 Å². The molecule has 3 rings (SSSR count). The Balaban J connectivity index is 1.95. The molecule has 1 aliphatic carbocycles. The summed E-state index contributed by atoms with van der Waals surface area (Å²) in [5.41, 5.74) is 8.10. The van der Waals surface area contributed by atoms with Gasteiger partial charge in [0.1, 0.15) is 5.76 Å². The van der Waals surface area contributed by atoms with Gasteiger partial charge in [0.15, 0.2) is 5.82 Å². The fourth-order valence-electron chi connectivity index (χ4n) is 3.02. The highest BCUT2D eigenvalue weighted by molar-refractivity contribution is 9.10. The van der Waals surface area contributed by atoms with Crippen molar-refractivity contribution in [3.8, 4) is 11.1 Å². The Morgan fingerprint density at radius 1 is 1.15 bits per heavy atom. The summed E-state index contributed by atoms with van der Waals surface area (Å²) < 4.78 is 6.63. The van der Waals surface area contributed by atoms with Crippen molar-refractivity contribution in [2.45, 2.75) is 38.5 Å². The van der Waals surface area contributed by atoms with Crippen molar-refractivity contribution >= 4 is 21.7 Å². The van der Waals surface area contributed by atoms with Crippen molar-refractivity contribution < 1.29 is 4.52 Å². The van der Waals surface area contributed by atoms with Crippen LogP contribution >= 0.6 is 15.9 Å². The topological polar surface area (TPSA) is 52.0 Å². The van der Waals surface area contributed by atoms with Crippen molar-refractivity contribution in [2.24, 2.45) is 5.92 Å². The highest BCUT2D eigenvalue weighted by Crippen LogP contribution is 2.42. The quantitative estimate of drug-likeness (QED) is 0.842. The summed E-state index contributed by atoms with van der Waals surface area (Å²) in [4.78, 5) is 0. The molecule has 1 fully saturated rings. The van der Waals surface area contributed by atoms with Crippen molar-refractivity contribution in [3.05, 3.63) is 34.5 Å². The van der Waals surface area contributed by atoms with Gasteiger partial charge in [-0.3, -0.25) is 0 Å². The van der Waals surface area contributed by atoms with Gasteiger partial charge in [-0.2, -0.15) is 0 Å². The number of halogens is 1. The van der Waals surface area contributed by atoms with Crippen LogP contribution in [0.15, 0.2) is 33.3 Å². The second-order valence-corrected chi connectivity index (χ2v) is 6.69. The molecule has 0 radical (unpaired) electrons. The van der Waals surface area contributed by atoms with Crippen molar-refractivity contribution in [2.75, 3.05) is 5.73 Å². The fourth-order valence-corrected chi connectivity index (χ4v) is 3.29. The highest BCUT2D eigenvalue weighted by atomic mass is 79.9. The minimum atomic E-state index is 0.453. The highest BCUT2D eigenvalue weighted by Gasteiger charge is 2.27. The van der Waals surface area contributed by atoms with Crippen LogP contribution in [0.25, 0.3) is 11.1 Å². The van der Waals surface area contributed by atoms with Gasteiger partial charge in [-0.15, -0.1) is 0 Å². The second-order valence-electron chi connectivity index (χ2n) is 5.77. The summed E-state index contributed by atoms with van der Waals surface area (Å²) in [5.74, 6) is 2.75. The standard InChI is InChI=1S/C16H19BrN2O/c1-10-2-4-12(5-3-10)15-14(16(18)19-20-15)11-6-8-13(17)9-7-11/h6-10,12H,2-5H2,1H3,(H2,18,19). The molecule has 1 heterocycles. The van der Waals surface area contributed by atoms with Gasteiger partial charge in [-0.05, 0) is 36.5 Å². The first-order valence-electron chi connectivity index (χ1n) is 7.16. The molecule has 3 nitrogen and oxygen atoms in total. The van der Waals surface area contributed by atoms with Gasteiger partial charge in [-0.1, -0.05) is 53.0 Å². The summed E-state index contributed by atoms with van der Waals surface area (Å²) in [6.45, 7) is 2.32. The van der Waals surface area contributed by atoms with Crippen molar-refractivity contribution in [1.82, 2.24) is 5.16 Å². The minimum absolute atomic E-state index is 0.453. The van der Waals surface area contributed by atoms with Crippen molar-refractivity contribution in [3.63, 3.8) is 0 Å². The monoisotopic (exact) mass is 334 g/mol. The maximum atomic E-state index is 6.03. The Bertz CT molecular complexity index is 583. The Morgan fingerprint density at radius 3 is 2.45 bits per heavy atom. The van der Waals surface area contributed by atoms with Gasteiger partial charge in [0, 0.05) is 10.4 Å². The lowest BCUT2D eigenvalue weighted by atomic mass is 9.80. The Labute approximate surface area is 127 Å². The molecule has 1 aliphatic rings. The van der Waals surface area contributed by atoms with Gasteiger partial charge in [0.05, 0.1) is 5.56 Å². The van der Waals surface area contributed by atoms with Gasteiger partial charge in [-0.25, -0.2) is 0 Å². The summed E-state index contributed by atoms with van der Waals surface area (Å²) in [5, 5.41) is 4.00. The number of rotatable bonds is 2. The number of hydrogen-bond acceptors (Lipinski definition) is 3. The minimum Gasteiger partial charge on any atom is -0.380 e. The predicted octanol–water partition coefficient (Wildman–Crippen LogP) is 4.98. The van der Waals surface area contributed by atoms with Gasteiger partial charge in [0.25, 0.3) is 0 Å². The molecule has 0 amide bonds. The Kier molecular flexibility index (Phi) is 3.83. The molecule has 1 saturated carbocycles. The number of anilines is 1. The molecule has 2 N–H and O–H groups in total. The maximum Gasteiger partial charge on any atom is 0.175 e. The van der Waals surface area contributed by atoms with Crippen LogP contribution in [0.3, 0.4) is 0 Å². The lowest BCUT2D eigenvalue weighted by Gasteiger charge is -2.24. The summed E-state index contributed by atoms with van der Waals surface area (Å²) in [6, 6.07) is 8.16. The smallest absolute Gasteiger partial charge is 0.175 e. The maximum absolute atomic E-state index is 6.03. The van der Waals surface area contributed by atoms with Crippen LogP contribution in [-0.2, 0) is 0 Å². The predicted molar refractivity (Wildman–Crippen MR) is 84.4 cm³/mol. The summed E-state index contributed by atoms with van der Waals surface area (Å²) in [6.07, 6.45) is 4.84. The number of nitrogens with zero attached hydrogens (tertiary/aromatic N) is 1. The molecule has 2 aromatic rings. The molecular weight excluding hydrogens is 316 g/mol. The van der Waals surface area contributed by atoms with E-state index in [-0.39, 0.29) is 0 Å². The molecule has 1 aromatic carbocycles. The molecule has 106 valence electrons. The molecule has 1 aromatic heterocycles. The third-order valence-electron chi connectivity index (χ3n) is 4.26. The van der Waals surface area contributed by atoms with Gasteiger partial charge in [0.2, 0.25) is 0 Å². The number of aromatic nitrogens is 1. The molecule has 0 spiro atoms. The largest absolute Gasteiger partial charge is 0.380 e. The van der Waals surface area contributed by atoms with Gasteiger partial charge < -0.3 is 10.3 Å². The molecule has 4 heteroatoms. The molecule has 0 aliphatic heterocycles. The number of nitrogen functional groups attached to an aromatic ring is 1. The average molecular weight is 335 g/mol. The van der Waals surface area contributed by atoms with E-state index < -0.39 is 0 Å². The molecule has 0 atom stereocenters. The lowest BCUT2D eigenvalue weighted by Crippen LogP contribution is -2.11. The van der Waals surface area contributed by atoms with Crippen LogP contribution < -0.4 is 5.73 Å². The third kappa shape index (κ3) is 2.62. The van der Waals surface area contributed by atoms with E-state index in [0.29, 0.717) is 11.7 Å². The van der Waals surface area contributed by atoms with E-state index in [1.807, 2.05) is 12.1 Å². The summed E-state index contributed by atoms with van der Waals surface area (Å²) in [7, 11) is 0. The molecule has 20 heavy (non-hydrogen) atoms. The van der Waals surface area contributed by atoms with Gasteiger partial charge >= 0.3 is 0 Å². The number of nitrogens with two attached hydrogens (primary N) is 1. The van der Waals surface area contributed by atoms with E-state index in [9.17, 15) is 0 Å². The first kappa shape index (κ1) is 13.7. The first-order chi connectivity index (χ1) is 9.65. The summed E-state index contributed by atoms with van der Waals surface area (Å²) >= 11 is 3.46. The Hall–Kier alpha value is -1.29. The van der Waals surface area contributed by atoms with Crippen LogP contribution in [0.5, 0.6) is 0 Å². The third-order valence-corrected chi connectivity index (χ3v) is 4.79. The van der Waals surface area contributed by atoms with E-state index in [0.717, 1.165) is 27.3 Å². The zero-order chi connectivity index (χ0) is 14.1. The number of hydrogen-bond donors (Lipinski definition) is 1. The SMILES string of the molecule is CC1CCC(c2onc(N)c2-c2ccc(Br)cc2)CC1. The van der Waals surface area contributed by atoms with E-state index in [4.69, 9.17) is 10.3 Å². The van der Waals surface area contributed by atoms with E-state index in [1.165, 1.54) is 25.7 Å². The van der Waals surface area contributed by atoms with Crippen LogP contribution in [-0.4, -0.2) is 5.16 Å². The Morgan fingerprint density at radius 2 is 1.80 bits per heavy atom.